The zero-order valence-corrected chi connectivity index (χ0v) is 22.0. The van der Waals surface area contributed by atoms with Crippen molar-refractivity contribution in [1.29, 1.82) is 0 Å². The number of halogens is 1. The predicted octanol–water partition coefficient (Wildman–Crippen LogP) is 6.56. The summed E-state index contributed by atoms with van der Waals surface area (Å²) < 4.78 is 0.783. The van der Waals surface area contributed by atoms with Crippen molar-refractivity contribution in [3.05, 3.63) is 94.1 Å². The largest absolute Gasteiger partial charge is 0.493 e. The van der Waals surface area contributed by atoms with Crippen LogP contribution in [0.15, 0.2) is 93.2 Å². The van der Waals surface area contributed by atoms with E-state index in [1.165, 1.54) is 0 Å². The Kier molecular flexibility index (Phi) is 8.15. The molecule has 2 amide bonds. The van der Waals surface area contributed by atoms with Gasteiger partial charge in [0.2, 0.25) is 5.88 Å². The number of anilines is 1. The second-order valence-corrected chi connectivity index (χ2v) is 9.07. The van der Waals surface area contributed by atoms with Crippen LogP contribution < -0.4 is 10.2 Å². The Morgan fingerprint density at radius 1 is 1.03 bits per heavy atom. The predicted molar refractivity (Wildman–Crippen MR) is 149 cm³/mol. The SMILES string of the molecule is CCN(CC)c1ccc(C=C(NC(=O)c2ccccc2)C(=O)N=Nc2c(O)[nH]c3ccc(Br)cc23)cc1. The first-order valence-corrected chi connectivity index (χ1v) is 12.6. The fraction of sp³-hybridized carbons (Fsp3) is 0.143. The number of aromatic amines is 1. The zero-order chi connectivity index (χ0) is 26.4. The highest BCUT2D eigenvalue weighted by molar-refractivity contribution is 9.10. The summed E-state index contributed by atoms with van der Waals surface area (Å²) in [5.41, 5.74) is 2.89. The van der Waals surface area contributed by atoms with E-state index in [2.05, 4.69) is 55.2 Å². The third-order valence-electron chi connectivity index (χ3n) is 5.80. The lowest BCUT2D eigenvalue weighted by molar-refractivity contribution is -0.115. The minimum Gasteiger partial charge on any atom is -0.493 e. The Hall–Kier alpha value is -4.24. The topological polar surface area (TPSA) is 110 Å². The number of H-pyrrole nitrogens is 1. The van der Waals surface area contributed by atoms with Gasteiger partial charge in [-0.1, -0.05) is 46.3 Å². The molecule has 37 heavy (non-hydrogen) atoms. The average Bonchev–Trinajstić information content (AvgIpc) is 3.22. The maximum Gasteiger partial charge on any atom is 0.311 e. The van der Waals surface area contributed by atoms with E-state index in [9.17, 15) is 14.7 Å². The molecule has 4 rings (SSSR count). The Morgan fingerprint density at radius 2 is 1.73 bits per heavy atom. The van der Waals surface area contributed by atoms with Crippen molar-refractivity contribution in [2.45, 2.75) is 13.8 Å². The van der Waals surface area contributed by atoms with Gasteiger partial charge in [0, 0.05) is 34.2 Å². The molecular formula is C28H26BrN5O3. The van der Waals surface area contributed by atoms with Gasteiger partial charge in [0.1, 0.15) is 5.70 Å². The molecule has 0 radical (unpaired) electrons. The highest BCUT2D eigenvalue weighted by Crippen LogP contribution is 2.36. The molecule has 3 N–H and O–H groups in total. The van der Waals surface area contributed by atoms with Crippen LogP contribution in [0.4, 0.5) is 11.4 Å². The van der Waals surface area contributed by atoms with Gasteiger partial charge in [0.25, 0.3) is 5.91 Å². The van der Waals surface area contributed by atoms with Gasteiger partial charge in [-0.2, -0.15) is 0 Å². The number of hydrogen-bond donors (Lipinski definition) is 3. The van der Waals surface area contributed by atoms with Gasteiger partial charge in [0.05, 0.1) is 5.52 Å². The quantitative estimate of drug-likeness (QED) is 0.167. The summed E-state index contributed by atoms with van der Waals surface area (Å²) in [5, 5.41) is 21.4. The van der Waals surface area contributed by atoms with Gasteiger partial charge < -0.3 is 20.3 Å². The number of aromatic nitrogens is 1. The van der Waals surface area contributed by atoms with Crippen LogP contribution in [0.25, 0.3) is 17.0 Å². The number of amides is 2. The molecule has 0 aliphatic rings. The third-order valence-corrected chi connectivity index (χ3v) is 6.30. The van der Waals surface area contributed by atoms with Crippen LogP contribution in [0.5, 0.6) is 5.88 Å². The Labute approximate surface area is 222 Å². The average molecular weight is 560 g/mol. The molecule has 4 aromatic rings. The number of azo groups is 1. The number of rotatable bonds is 8. The van der Waals surface area contributed by atoms with E-state index in [0.717, 1.165) is 23.2 Å². The number of nitrogens with one attached hydrogen (secondary N) is 2. The normalized spacial score (nSPS) is 11.7. The van der Waals surface area contributed by atoms with E-state index in [-0.39, 0.29) is 17.3 Å². The summed E-state index contributed by atoms with van der Waals surface area (Å²) in [4.78, 5) is 31.0. The van der Waals surface area contributed by atoms with Crippen molar-refractivity contribution in [3.63, 3.8) is 0 Å². The fourth-order valence-corrected chi connectivity index (χ4v) is 4.22. The lowest BCUT2D eigenvalue weighted by Gasteiger charge is -2.20. The molecule has 188 valence electrons. The summed E-state index contributed by atoms with van der Waals surface area (Å²) in [7, 11) is 0. The molecule has 0 fully saturated rings. The first-order chi connectivity index (χ1) is 17.9. The molecule has 0 atom stereocenters. The molecule has 0 saturated heterocycles. The van der Waals surface area contributed by atoms with Gasteiger partial charge in [-0.3, -0.25) is 9.59 Å². The van der Waals surface area contributed by atoms with E-state index in [0.29, 0.717) is 22.0 Å². The summed E-state index contributed by atoms with van der Waals surface area (Å²) in [6.07, 6.45) is 1.56. The summed E-state index contributed by atoms with van der Waals surface area (Å²) >= 11 is 3.39. The van der Waals surface area contributed by atoms with E-state index < -0.39 is 11.8 Å². The highest BCUT2D eigenvalue weighted by Gasteiger charge is 2.16. The maximum atomic E-state index is 13.1. The van der Waals surface area contributed by atoms with Gasteiger partial charge >= 0.3 is 5.91 Å². The second-order valence-electron chi connectivity index (χ2n) is 8.16. The summed E-state index contributed by atoms with van der Waals surface area (Å²) in [6.45, 7) is 5.92. The first kappa shape index (κ1) is 25.8. The van der Waals surface area contributed by atoms with Crippen LogP contribution in [0.1, 0.15) is 29.8 Å². The van der Waals surface area contributed by atoms with E-state index in [1.807, 2.05) is 30.3 Å². The van der Waals surface area contributed by atoms with Crippen molar-refractivity contribution in [1.82, 2.24) is 10.3 Å². The van der Waals surface area contributed by atoms with Gasteiger partial charge in [-0.25, -0.2) is 0 Å². The van der Waals surface area contributed by atoms with Gasteiger partial charge in [0.15, 0.2) is 5.69 Å². The minimum absolute atomic E-state index is 0.0475. The number of carbonyl (C=O) groups excluding carboxylic acids is 2. The molecule has 1 aromatic heterocycles. The smallest absolute Gasteiger partial charge is 0.311 e. The Morgan fingerprint density at radius 3 is 2.41 bits per heavy atom. The van der Waals surface area contributed by atoms with Crippen LogP contribution in [-0.2, 0) is 4.79 Å². The third kappa shape index (κ3) is 6.13. The van der Waals surface area contributed by atoms with Crippen molar-refractivity contribution in [2.75, 3.05) is 18.0 Å². The molecule has 3 aromatic carbocycles. The number of fused-ring (bicyclic) bond motifs is 1. The van der Waals surface area contributed by atoms with Crippen molar-refractivity contribution >= 4 is 56.1 Å². The highest BCUT2D eigenvalue weighted by atomic mass is 79.9. The number of carbonyl (C=O) groups is 2. The number of nitrogens with zero attached hydrogens (tertiary/aromatic N) is 3. The molecule has 9 heteroatoms. The van der Waals surface area contributed by atoms with E-state index >= 15 is 0 Å². The fourth-order valence-electron chi connectivity index (χ4n) is 3.86. The maximum absolute atomic E-state index is 13.1. The lowest BCUT2D eigenvalue weighted by Crippen LogP contribution is -2.26. The van der Waals surface area contributed by atoms with E-state index in [1.54, 1.807) is 48.5 Å². The van der Waals surface area contributed by atoms with Crippen molar-refractivity contribution < 1.29 is 14.7 Å². The zero-order valence-electron chi connectivity index (χ0n) is 20.4. The Bertz CT molecular complexity index is 1470. The van der Waals surface area contributed by atoms with Crippen LogP contribution >= 0.6 is 15.9 Å². The van der Waals surface area contributed by atoms with Crippen LogP contribution in [0.2, 0.25) is 0 Å². The molecule has 0 bridgehead atoms. The van der Waals surface area contributed by atoms with Crippen LogP contribution in [0, 0.1) is 0 Å². The lowest BCUT2D eigenvalue weighted by atomic mass is 10.1. The van der Waals surface area contributed by atoms with Crippen LogP contribution in [-0.4, -0.2) is 35.0 Å². The van der Waals surface area contributed by atoms with Crippen LogP contribution in [0.3, 0.4) is 0 Å². The molecule has 0 aliphatic carbocycles. The number of hydrogen-bond acceptors (Lipinski definition) is 5. The molecule has 0 aliphatic heterocycles. The van der Waals surface area contributed by atoms with Crippen molar-refractivity contribution in [2.24, 2.45) is 10.2 Å². The molecule has 8 nitrogen and oxygen atoms in total. The first-order valence-electron chi connectivity index (χ1n) is 11.8. The van der Waals surface area contributed by atoms with Gasteiger partial charge in [-0.05, 0) is 68.0 Å². The summed E-state index contributed by atoms with van der Waals surface area (Å²) in [5.74, 6) is -1.43. The minimum atomic E-state index is -0.763. The molecule has 0 saturated carbocycles. The molecule has 1 heterocycles. The van der Waals surface area contributed by atoms with Crippen molar-refractivity contribution in [3.8, 4) is 5.88 Å². The monoisotopic (exact) mass is 559 g/mol. The molecule has 0 unspecified atom stereocenters. The summed E-state index contributed by atoms with van der Waals surface area (Å²) in [6, 6.07) is 21.6. The number of benzene rings is 3. The van der Waals surface area contributed by atoms with Gasteiger partial charge in [-0.15, -0.1) is 10.2 Å². The standard InChI is InChI=1S/C28H26BrN5O3/c1-3-34(4-2)21-13-10-18(11-14-21)16-24(31-26(35)19-8-6-5-7-9-19)27(36)33-32-25-22-17-20(29)12-15-23(22)30-28(25)37/h5-17,30,37H,3-4H2,1-2H3,(H,31,35). The molecule has 0 spiro atoms. The second kappa shape index (κ2) is 11.7. The Balaban J connectivity index is 1.66. The molecular weight excluding hydrogens is 534 g/mol. The van der Waals surface area contributed by atoms with E-state index in [4.69, 9.17) is 0 Å². The number of aromatic hydroxyl groups is 1.